The number of hydrogen-bond acceptors (Lipinski definition) is 1. The molecule has 0 saturated carbocycles. The first-order valence-electron chi connectivity index (χ1n) is 4.86. The van der Waals surface area contributed by atoms with Crippen LogP contribution < -0.4 is 4.74 Å². The molecule has 2 heterocycles. The molecule has 0 amide bonds. The van der Waals surface area contributed by atoms with Gasteiger partial charge in [-0.1, -0.05) is 20.8 Å². The summed E-state index contributed by atoms with van der Waals surface area (Å²) in [5, 5.41) is 0. The van der Waals surface area contributed by atoms with Crippen LogP contribution in [0.3, 0.4) is 0 Å². The SMILES string of the molecule is CC(C)(C)C1COc2cc[nH]c2C1. The molecule has 0 aromatic carbocycles. The zero-order chi connectivity index (χ0) is 9.47. The summed E-state index contributed by atoms with van der Waals surface area (Å²) < 4.78 is 5.67. The van der Waals surface area contributed by atoms with E-state index in [1.54, 1.807) is 0 Å². The van der Waals surface area contributed by atoms with Crippen molar-refractivity contribution in [2.24, 2.45) is 11.3 Å². The highest BCUT2D eigenvalue weighted by Crippen LogP contribution is 2.35. The van der Waals surface area contributed by atoms with Gasteiger partial charge in [0, 0.05) is 12.1 Å². The van der Waals surface area contributed by atoms with Crippen molar-refractivity contribution in [3.05, 3.63) is 18.0 Å². The zero-order valence-electron chi connectivity index (χ0n) is 8.55. The van der Waals surface area contributed by atoms with E-state index in [0.29, 0.717) is 11.3 Å². The van der Waals surface area contributed by atoms with Crippen LogP contribution in [0.15, 0.2) is 12.3 Å². The van der Waals surface area contributed by atoms with Crippen molar-refractivity contribution in [2.45, 2.75) is 27.2 Å². The number of fused-ring (bicyclic) bond motifs is 1. The molecule has 2 rings (SSSR count). The van der Waals surface area contributed by atoms with E-state index in [-0.39, 0.29) is 0 Å². The van der Waals surface area contributed by atoms with Crippen LogP contribution in [0.25, 0.3) is 0 Å². The van der Waals surface area contributed by atoms with E-state index in [2.05, 4.69) is 25.8 Å². The van der Waals surface area contributed by atoms with E-state index in [1.165, 1.54) is 5.69 Å². The van der Waals surface area contributed by atoms with Crippen molar-refractivity contribution < 1.29 is 4.74 Å². The third-order valence-corrected chi connectivity index (χ3v) is 2.90. The predicted octanol–water partition coefficient (Wildman–Crippen LogP) is 2.61. The Bertz CT molecular complexity index is 295. The van der Waals surface area contributed by atoms with Gasteiger partial charge in [0.15, 0.2) is 0 Å². The number of aromatic amines is 1. The fraction of sp³-hybridized carbons (Fsp3) is 0.636. The summed E-state index contributed by atoms with van der Waals surface area (Å²) in [6.45, 7) is 7.67. The Balaban J connectivity index is 2.18. The summed E-state index contributed by atoms with van der Waals surface area (Å²) in [5.74, 6) is 1.67. The van der Waals surface area contributed by atoms with E-state index in [9.17, 15) is 0 Å². The molecule has 1 atom stereocenters. The number of hydrogen-bond donors (Lipinski definition) is 1. The van der Waals surface area contributed by atoms with E-state index >= 15 is 0 Å². The molecule has 1 unspecified atom stereocenters. The minimum atomic E-state index is 0.336. The van der Waals surface area contributed by atoms with Crippen LogP contribution in [0.2, 0.25) is 0 Å². The Hall–Kier alpha value is -0.920. The molecule has 1 N–H and O–H groups in total. The van der Waals surface area contributed by atoms with Crippen LogP contribution >= 0.6 is 0 Å². The standard InChI is InChI=1S/C11H17NO/c1-11(2,3)8-6-9-10(13-7-8)4-5-12-9/h4-5,8,12H,6-7H2,1-3H3. The van der Waals surface area contributed by atoms with E-state index in [0.717, 1.165) is 18.8 Å². The van der Waals surface area contributed by atoms with Gasteiger partial charge in [-0.25, -0.2) is 0 Å². The van der Waals surface area contributed by atoms with Crippen LogP contribution in [0.5, 0.6) is 5.75 Å². The van der Waals surface area contributed by atoms with Gasteiger partial charge in [-0.05, 0) is 17.9 Å². The first kappa shape index (κ1) is 8.67. The molecule has 1 aliphatic heterocycles. The molecule has 1 aliphatic rings. The second kappa shape index (κ2) is 2.79. The van der Waals surface area contributed by atoms with Gasteiger partial charge in [0.05, 0.1) is 12.3 Å². The highest BCUT2D eigenvalue weighted by Gasteiger charge is 2.30. The summed E-state index contributed by atoms with van der Waals surface area (Å²) in [6, 6.07) is 2.01. The minimum absolute atomic E-state index is 0.336. The van der Waals surface area contributed by atoms with Gasteiger partial charge >= 0.3 is 0 Å². The summed E-state index contributed by atoms with van der Waals surface area (Å²) in [5.41, 5.74) is 1.59. The van der Waals surface area contributed by atoms with Crippen molar-refractivity contribution in [1.29, 1.82) is 0 Å². The largest absolute Gasteiger partial charge is 0.491 e. The van der Waals surface area contributed by atoms with Crippen LogP contribution in [-0.2, 0) is 6.42 Å². The van der Waals surface area contributed by atoms with Gasteiger partial charge in [-0.2, -0.15) is 0 Å². The predicted molar refractivity (Wildman–Crippen MR) is 52.9 cm³/mol. The second-order valence-electron chi connectivity index (χ2n) is 4.90. The van der Waals surface area contributed by atoms with Crippen LogP contribution in [0, 0.1) is 11.3 Å². The lowest BCUT2D eigenvalue weighted by Gasteiger charge is -2.33. The smallest absolute Gasteiger partial charge is 0.139 e. The molecule has 0 fully saturated rings. The maximum Gasteiger partial charge on any atom is 0.139 e. The van der Waals surface area contributed by atoms with Crippen molar-refractivity contribution in [3.63, 3.8) is 0 Å². The average Bonchev–Trinajstić information content (AvgIpc) is 2.47. The van der Waals surface area contributed by atoms with E-state index in [4.69, 9.17) is 4.74 Å². The van der Waals surface area contributed by atoms with Crippen LogP contribution in [-0.4, -0.2) is 11.6 Å². The van der Waals surface area contributed by atoms with Crippen molar-refractivity contribution >= 4 is 0 Å². The van der Waals surface area contributed by atoms with Crippen LogP contribution in [0.1, 0.15) is 26.5 Å². The molecule has 0 aliphatic carbocycles. The Morgan fingerprint density at radius 1 is 1.46 bits per heavy atom. The lowest BCUT2D eigenvalue weighted by atomic mass is 9.78. The van der Waals surface area contributed by atoms with E-state index < -0.39 is 0 Å². The number of H-pyrrole nitrogens is 1. The van der Waals surface area contributed by atoms with E-state index in [1.807, 2.05) is 12.3 Å². The van der Waals surface area contributed by atoms with Crippen molar-refractivity contribution in [3.8, 4) is 5.75 Å². The number of aromatic nitrogens is 1. The molecular weight excluding hydrogens is 162 g/mol. The molecular formula is C11H17NO. The molecule has 13 heavy (non-hydrogen) atoms. The molecule has 1 aromatic rings. The molecule has 0 radical (unpaired) electrons. The lowest BCUT2D eigenvalue weighted by Crippen LogP contribution is -2.31. The van der Waals surface area contributed by atoms with Gasteiger partial charge in [-0.3, -0.25) is 0 Å². The molecule has 1 aromatic heterocycles. The molecule has 0 spiro atoms. The Labute approximate surface area is 79.3 Å². The van der Waals surface area contributed by atoms with Gasteiger partial charge < -0.3 is 9.72 Å². The maximum atomic E-state index is 5.67. The third-order valence-electron chi connectivity index (χ3n) is 2.90. The van der Waals surface area contributed by atoms with Gasteiger partial charge in [0.2, 0.25) is 0 Å². The van der Waals surface area contributed by atoms with Crippen molar-refractivity contribution in [2.75, 3.05) is 6.61 Å². The number of ether oxygens (including phenoxy) is 1. The van der Waals surface area contributed by atoms with Gasteiger partial charge in [0.25, 0.3) is 0 Å². The average molecular weight is 179 g/mol. The summed E-state index contributed by atoms with van der Waals surface area (Å²) in [6.07, 6.45) is 3.07. The summed E-state index contributed by atoms with van der Waals surface area (Å²) >= 11 is 0. The Morgan fingerprint density at radius 3 is 2.92 bits per heavy atom. The second-order valence-corrected chi connectivity index (χ2v) is 4.90. The summed E-state index contributed by atoms with van der Waals surface area (Å²) in [7, 11) is 0. The quantitative estimate of drug-likeness (QED) is 0.650. The highest BCUT2D eigenvalue weighted by molar-refractivity contribution is 5.30. The minimum Gasteiger partial charge on any atom is -0.491 e. The normalized spacial score (nSPS) is 22.2. The fourth-order valence-corrected chi connectivity index (χ4v) is 1.74. The van der Waals surface area contributed by atoms with Crippen LogP contribution in [0.4, 0.5) is 0 Å². The first-order valence-corrected chi connectivity index (χ1v) is 4.86. The topological polar surface area (TPSA) is 25.0 Å². The fourth-order valence-electron chi connectivity index (χ4n) is 1.74. The maximum absolute atomic E-state index is 5.67. The summed E-state index contributed by atoms with van der Waals surface area (Å²) in [4.78, 5) is 3.23. The Morgan fingerprint density at radius 2 is 2.23 bits per heavy atom. The monoisotopic (exact) mass is 179 g/mol. The molecule has 2 heteroatoms. The third kappa shape index (κ3) is 1.58. The first-order chi connectivity index (χ1) is 6.07. The molecule has 0 bridgehead atoms. The number of nitrogens with one attached hydrogen (secondary N) is 1. The highest BCUT2D eigenvalue weighted by atomic mass is 16.5. The lowest BCUT2D eigenvalue weighted by molar-refractivity contribution is 0.126. The Kier molecular flexibility index (Phi) is 1.86. The van der Waals surface area contributed by atoms with Gasteiger partial charge in [0.1, 0.15) is 5.75 Å². The molecule has 2 nitrogen and oxygen atoms in total. The number of rotatable bonds is 0. The van der Waals surface area contributed by atoms with Crippen molar-refractivity contribution in [1.82, 2.24) is 4.98 Å². The van der Waals surface area contributed by atoms with Gasteiger partial charge in [-0.15, -0.1) is 0 Å². The zero-order valence-corrected chi connectivity index (χ0v) is 8.55. The molecule has 72 valence electrons. The molecule has 0 saturated heterocycles.